The zero-order valence-electron chi connectivity index (χ0n) is 18.7. The van der Waals surface area contributed by atoms with Crippen LogP contribution < -0.4 is 14.8 Å². The molecule has 1 amide bonds. The maximum absolute atomic E-state index is 12.5. The van der Waals surface area contributed by atoms with Gasteiger partial charge in [-0.15, -0.1) is 10.2 Å². The highest BCUT2D eigenvalue weighted by molar-refractivity contribution is 7.99. The van der Waals surface area contributed by atoms with E-state index in [1.54, 1.807) is 43.5 Å². The quantitative estimate of drug-likeness (QED) is 0.196. The van der Waals surface area contributed by atoms with E-state index in [0.29, 0.717) is 16.7 Å². The molecule has 0 aliphatic carbocycles. The summed E-state index contributed by atoms with van der Waals surface area (Å²) >= 11 is 1.17. The van der Waals surface area contributed by atoms with E-state index in [2.05, 4.69) is 15.5 Å². The van der Waals surface area contributed by atoms with Crippen LogP contribution in [-0.2, 0) is 11.4 Å². The molecule has 1 aromatic heterocycles. The lowest BCUT2D eigenvalue weighted by molar-refractivity contribution is -0.383. The molecule has 0 aliphatic heterocycles. The fourth-order valence-corrected chi connectivity index (χ4v) is 3.97. The molecule has 10 nitrogen and oxygen atoms in total. The molecule has 35 heavy (non-hydrogen) atoms. The number of aromatic nitrogens is 3. The van der Waals surface area contributed by atoms with E-state index in [9.17, 15) is 14.9 Å². The Balaban J connectivity index is 1.49. The van der Waals surface area contributed by atoms with Gasteiger partial charge in [0.15, 0.2) is 11.0 Å². The molecule has 4 aromatic rings. The van der Waals surface area contributed by atoms with E-state index in [1.807, 2.05) is 34.9 Å². The lowest BCUT2D eigenvalue weighted by Gasteiger charge is -2.11. The Bertz CT molecular complexity index is 1310. The minimum Gasteiger partial charge on any atom is -0.497 e. The normalized spacial score (nSPS) is 10.5. The second kappa shape index (κ2) is 11.2. The summed E-state index contributed by atoms with van der Waals surface area (Å²) in [6.45, 7) is 0.150. The van der Waals surface area contributed by atoms with Gasteiger partial charge in [-0.2, -0.15) is 0 Å². The number of ether oxygens (including phenoxy) is 2. The van der Waals surface area contributed by atoms with Crippen molar-refractivity contribution in [3.8, 4) is 17.2 Å². The van der Waals surface area contributed by atoms with Crippen molar-refractivity contribution in [3.05, 3.63) is 94.8 Å². The van der Waals surface area contributed by atoms with Gasteiger partial charge in [-0.1, -0.05) is 42.1 Å². The van der Waals surface area contributed by atoms with Crippen LogP contribution in [0.3, 0.4) is 0 Å². The Morgan fingerprint density at radius 2 is 1.69 bits per heavy atom. The molecule has 11 heteroatoms. The van der Waals surface area contributed by atoms with Crippen molar-refractivity contribution in [2.24, 2.45) is 0 Å². The minimum atomic E-state index is -0.538. The molecule has 0 fully saturated rings. The average molecular weight is 492 g/mol. The smallest absolute Gasteiger partial charge is 0.292 e. The zero-order chi connectivity index (χ0) is 24.6. The topological polar surface area (TPSA) is 121 Å². The predicted octanol–water partition coefficient (Wildman–Crippen LogP) is 4.49. The van der Waals surface area contributed by atoms with Crippen LogP contribution in [0, 0.1) is 10.1 Å². The molecule has 0 spiro atoms. The Hall–Kier alpha value is -4.38. The summed E-state index contributed by atoms with van der Waals surface area (Å²) < 4.78 is 12.9. The zero-order valence-corrected chi connectivity index (χ0v) is 19.5. The fraction of sp³-hybridized carbons (Fsp3) is 0.125. The van der Waals surface area contributed by atoms with Crippen LogP contribution in [0.15, 0.2) is 84.0 Å². The van der Waals surface area contributed by atoms with Gasteiger partial charge in [0.05, 0.1) is 17.8 Å². The highest BCUT2D eigenvalue weighted by Gasteiger charge is 2.18. The van der Waals surface area contributed by atoms with Gasteiger partial charge in [0.2, 0.25) is 5.91 Å². The molecule has 0 aliphatic rings. The van der Waals surface area contributed by atoms with Crippen LogP contribution in [0.1, 0.15) is 5.82 Å². The second-order valence-corrected chi connectivity index (χ2v) is 8.09. The van der Waals surface area contributed by atoms with Crippen molar-refractivity contribution in [3.63, 3.8) is 0 Å². The number of nitrogens with zero attached hydrogens (tertiary/aromatic N) is 4. The number of thioether (sulfide) groups is 1. The SMILES string of the molecule is COc1ccc(OCc2nnc(SCC(=O)Nc3ccccc3[N+](=O)[O-])n2-c2ccccc2)cc1. The number of carbonyl (C=O) groups excluding carboxylic acids is 1. The Kier molecular flexibility index (Phi) is 7.58. The Morgan fingerprint density at radius 3 is 2.40 bits per heavy atom. The van der Waals surface area contributed by atoms with Gasteiger partial charge in [-0.3, -0.25) is 19.5 Å². The van der Waals surface area contributed by atoms with Crippen LogP contribution in [0.5, 0.6) is 11.5 Å². The summed E-state index contributed by atoms with van der Waals surface area (Å²) in [7, 11) is 1.60. The maximum atomic E-state index is 12.5. The third-order valence-corrected chi connectivity index (χ3v) is 5.78. The lowest BCUT2D eigenvalue weighted by Crippen LogP contribution is -2.15. The van der Waals surface area contributed by atoms with Crippen molar-refractivity contribution in [2.45, 2.75) is 11.8 Å². The summed E-state index contributed by atoms with van der Waals surface area (Å²) in [6.07, 6.45) is 0. The van der Waals surface area contributed by atoms with Crippen molar-refractivity contribution in [1.29, 1.82) is 0 Å². The number of methoxy groups -OCH3 is 1. The van der Waals surface area contributed by atoms with Crippen molar-refractivity contribution in [1.82, 2.24) is 14.8 Å². The number of anilines is 1. The van der Waals surface area contributed by atoms with Gasteiger partial charge in [0.1, 0.15) is 23.8 Å². The van der Waals surface area contributed by atoms with Gasteiger partial charge in [-0.05, 0) is 42.5 Å². The lowest BCUT2D eigenvalue weighted by atomic mass is 10.2. The fourth-order valence-electron chi connectivity index (χ4n) is 3.20. The van der Waals surface area contributed by atoms with Crippen LogP contribution in [-0.4, -0.2) is 38.5 Å². The first kappa shape index (κ1) is 23.8. The van der Waals surface area contributed by atoms with Crippen molar-refractivity contribution in [2.75, 3.05) is 18.2 Å². The van der Waals surface area contributed by atoms with E-state index in [0.717, 1.165) is 11.4 Å². The first-order valence-electron chi connectivity index (χ1n) is 10.5. The van der Waals surface area contributed by atoms with E-state index >= 15 is 0 Å². The van der Waals surface area contributed by atoms with Gasteiger partial charge in [0.25, 0.3) is 5.69 Å². The Labute approximate surface area is 205 Å². The second-order valence-electron chi connectivity index (χ2n) is 7.15. The first-order valence-corrected chi connectivity index (χ1v) is 11.5. The number of hydrogen-bond donors (Lipinski definition) is 1. The molecule has 0 bridgehead atoms. The molecular weight excluding hydrogens is 470 g/mol. The summed E-state index contributed by atoms with van der Waals surface area (Å²) in [5.74, 6) is 1.50. The van der Waals surface area contributed by atoms with Gasteiger partial charge >= 0.3 is 0 Å². The number of nitrogens with one attached hydrogen (secondary N) is 1. The van der Waals surface area contributed by atoms with Crippen LogP contribution >= 0.6 is 11.8 Å². The molecule has 0 radical (unpaired) electrons. The third kappa shape index (κ3) is 5.95. The van der Waals surface area contributed by atoms with Crippen LogP contribution in [0.4, 0.5) is 11.4 Å². The van der Waals surface area contributed by atoms with Crippen molar-refractivity contribution >= 4 is 29.0 Å². The molecule has 3 aromatic carbocycles. The average Bonchev–Trinajstić information content (AvgIpc) is 3.30. The number of para-hydroxylation sites is 3. The number of carbonyl (C=O) groups is 1. The number of nitro benzene ring substituents is 1. The molecule has 0 saturated carbocycles. The van der Waals surface area contributed by atoms with Crippen molar-refractivity contribution < 1.29 is 19.2 Å². The summed E-state index contributed by atoms with van der Waals surface area (Å²) in [4.78, 5) is 23.2. The van der Waals surface area contributed by atoms with Gasteiger partial charge < -0.3 is 14.8 Å². The number of hydrogen-bond acceptors (Lipinski definition) is 8. The van der Waals surface area contributed by atoms with E-state index in [1.165, 1.54) is 23.9 Å². The monoisotopic (exact) mass is 491 g/mol. The highest BCUT2D eigenvalue weighted by Crippen LogP contribution is 2.26. The summed E-state index contributed by atoms with van der Waals surface area (Å²) in [5, 5.41) is 22.8. The van der Waals surface area contributed by atoms with Gasteiger partial charge in [-0.25, -0.2) is 0 Å². The van der Waals surface area contributed by atoms with Crippen LogP contribution in [0.2, 0.25) is 0 Å². The minimum absolute atomic E-state index is 0.0175. The maximum Gasteiger partial charge on any atom is 0.292 e. The highest BCUT2D eigenvalue weighted by atomic mass is 32.2. The Morgan fingerprint density at radius 1 is 1.00 bits per heavy atom. The molecule has 0 unspecified atom stereocenters. The molecule has 1 N–H and O–H groups in total. The molecule has 0 saturated heterocycles. The standard InChI is InChI=1S/C24H21N5O5S/c1-33-18-11-13-19(14-12-18)34-15-22-26-27-24(28(22)17-7-3-2-4-8-17)35-16-23(30)25-20-9-5-6-10-21(20)29(31)32/h2-14H,15-16H2,1H3,(H,25,30). The molecule has 1 heterocycles. The van der Waals surface area contributed by atoms with E-state index in [4.69, 9.17) is 9.47 Å². The van der Waals surface area contributed by atoms with Gasteiger partial charge in [0, 0.05) is 11.8 Å². The molecular formula is C24H21N5O5S. The molecule has 178 valence electrons. The summed E-state index contributed by atoms with van der Waals surface area (Å²) in [6, 6.07) is 22.7. The number of benzene rings is 3. The van der Waals surface area contributed by atoms with Crippen LogP contribution in [0.25, 0.3) is 5.69 Å². The largest absolute Gasteiger partial charge is 0.497 e. The summed E-state index contributed by atoms with van der Waals surface area (Å²) in [5.41, 5.74) is 0.782. The number of amides is 1. The molecule has 0 atom stereocenters. The first-order chi connectivity index (χ1) is 17.0. The number of rotatable bonds is 10. The van der Waals surface area contributed by atoms with E-state index < -0.39 is 10.8 Å². The predicted molar refractivity (Wildman–Crippen MR) is 131 cm³/mol. The van der Waals surface area contributed by atoms with E-state index in [-0.39, 0.29) is 23.7 Å². The third-order valence-electron chi connectivity index (χ3n) is 4.85. The number of nitro groups is 1. The molecule has 4 rings (SSSR count).